The molecule has 0 saturated heterocycles. The number of anilines is 1. The zero-order chi connectivity index (χ0) is 13.3. The molecule has 0 amide bonds. The van der Waals surface area contributed by atoms with Crippen LogP contribution < -0.4 is 10.5 Å². The van der Waals surface area contributed by atoms with Gasteiger partial charge in [0.05, 0.1) is 14.2 Å². The lowest BCUT2D eigenvalue weighted by atomic mass is 10.1. The van der Waals surface area contributed by atoms with Crippen molar-refractivity contribution in [3.63, 3.8) is 0 Å². The minimum absolute atomic E-state index is 0.171. The van der Waals surface area contributed by atoms with Gasteiger partial charge in [-0.15, -0.1) is 0 Å². The number of methoxy groups -OCH3 is 2. The molecule has 0 saturated carbocycles. The monoisotopic (exact) mass is 246 g/mol. The first-order valence-corrected chi connectivity index (χ1v) is 5.40. The quantitative estimate of drug-likeness (QED) is 0.819. The molecule has 0 fully saturated rings. The smallest absolute Gasteiger partial charge is 0.356 e. The van der Waals surface area contributed by atoms with Crippen LogP contribution in [0.25, 0.3) is 10.9 Å². The zero-order valence-electron chi connectivity index (χ0n) is 10.5. The van der Waals surface area contributed by atoms with Crippen LogP contribution in [0.5, 0.6) is 5.75 Å². The molecule has 2 N–H and O–H groups in total. The van der Waals surface area contributed by atoms with Gasteiger partial charge in [-0.3, -0.25) is 0 Å². The van der Waals surface area contributed by atoms with Crippen molar-refractivity contribution < 1.29 is 14.3 Å². The van der Waals surface area contributed by atoms with Crippen LogP contribution in [0.1, 0.15) is 16.1 Å². The topological polar surface area (TPSA) is 74.4 Å². The van der Waals surface area contributed by atoms with E-state index in [9.17, 15) is 4.79 Å². The van der Waals surface area contributed by atoms with E-state index in [0.29, 0.717) is 17.0 Å². The number of aromatic nitrogens is 1. The highest BCUT2D eigenvalue weighted by Crippen LogP contribution is 2.30. The molecule has 0 spiro atoms. The highest BCUT2D eigenvalue weighted by molar-refractivity contribution is 5.99. The Morgan fingerprint density at radius 1 is 1.28 bits per heavy atom. The van der Waals surface area contributed by atoms with Gasteiger partial charge in [0, 0.05) is 11.1 Å². The molecule has 18 heavy (non-hydrogen) atoms. The number of aryl methyl sites for hydroxylation is 1. The maximum Gasteiger partial charge on any atom is 0.356 e. The molecule has 1 aromatic carbocycles. The van der Waals surface area contributed by atoms with Crippen LogP contribution in [0.4, 0.5) is 5.69 Å². The van der Waals surface area contributed by atoms with E-state index in [4.69, 9.17) is 10.5 Å². The van der Waals surface area contributed by atoms with Gasteiger partial charge >= 0.3 is 5.97 Å². The van der Waals surface area contributed by atoms with Gasteiger partial charge in [-0.2, -0.15) is 0 Å². The summed E-state index contributed by atoms with van der Waals surface area (Å²) < 4.78 is 9.90. The lowest BCUT2D eigenvalue weighted by Gasteiger charge is -2.10. The molecule has 94 valence electrons. The van der Waals surface area contributed by atoms with E-state index in [1.807, 2.05) is 19.1 Å². The van der Waals surface area contributed by atoms with Gasteiger partial charge in [-0.05, 0) is 30.7 Å². The molecule has 0 aliphatic carbocycles. The summed E-state index contributed by atoms with van der Waals surface area (Å²) in [7, 11) is 2.85. The summed E-state index contributed by atoms with van der Waals surface area (Å²) in [6, 6.07) is 5.25. The van der Waals surface area contributed by atoms with Crippen LogP contribution in [0.2, 0.25) is 0 Å². The lowest BCUT2D eigenvalue weighted by molar-refractivity contribution is 0.0594. The molecule has 1 heterocycles. The molecule has 0 aliphatic rings. The molecule has 5 heteroatoms. The standard InChI is InChI=1S/C13H14N2O3/c1-7-4-8-9(14)6-10(13(16)18-3)15-12(8)11(5-7)17-2/h4-6H,1-3H3,(H2,14,15). The number of benzene rings is 1. The second kappa shape index (κ2) is 4.52. The summed E-state index contributed by atoms with van der Waals surface area (Å²) in [4.78, 5) is 15.7. The van der Waals surface area contributed by atoms with Crippen molar-refractivity contribution in [2.75, 3.05) is 20.0 Å². The van der Waals surface area contributed by atoms with Crippen LogP contribution in [-0.4, -0.2) is 25.2 Å². The first-order valence-electron chi connectivity index (χ1n) is 5.40. The number of carbonyl (C=O) groups is 1. The Hall–Kier alpha value is -2.30. The van der Waals surface area contributed by atoms with Crippen molar-refractivity contribution in [1.82, 2.24) is 4.98 Å². The molecule has 2 rings (SSSR count). The third kappa shape index (κ3) is 1.95. The Labute approximate surface area is 105 Å². The van der Waals surface area contributed by atoms with Gasteiger partial charge in [0.1, 0.15) is 11.3 Å². The van der Waals surface area contributed by atoms with Gasteiger partial charge in [-0.1, -0.05) is 0 Å². The Morgan fingerprint density at radius 2 is 2.00 bits per heavy atom. The summed E-state index contributed by atoms with van der Waals surface area (Å²) in [6.07, 6.45) is 0. The molecule has 2 aromatic rings. The van der Waals surface area contributed by atoms with Crippen molar-refractivity contribution in [2.45, 2.75) is 6.92 Å². The molecular weight excluding hydrogens is 232 g/mol. The van der Waals surface area contributed by atoms with Gasteiger partial charge in [0.2, 0.25) is 0 Å². The number of hydrogen-bond acceptors (Lipinski definition) is 5. The number of nitrogens with two attached hydrogens (primary N) is 1. The number of ether oxygens (including phenoxy) is 2. The van der Waals surface area contributed by atoms with Crippen LogP contribution >= 0.6 is 0 Å². The van der Waals surface area contributed by atoms with Crippen molar-refractivity contribution in [3.8, 4) is 5.75 Å². The predicted molar refractivity (Wildman–Crippen MR) is 68.8 cm³/mol. The Kier molecular flexibility index (Phi) is 3.06. The summed E-state index contributed by atoms with van der Waals surface area (Å²) >= 11 is 0. The maximum absolute atomic E-state index is 11.5. The first kappa shape index (κ1) is 12.2. The van der Waals surface area contributed by atoms with Gasteiger partial charge in [0.25, 0.3) is 0 Å². The third-order valence-electron chi connectivity index (χ3n) is 2.67. The fourth-order valence-electron chi connectivity index (χ4n) is 1.82. The minimum atomic E-state index is -0.522. The fraction of sp³-hybridized carbons (Fsp3) is 0.231. The summed E-state index contributed by atoms with van der Waals surface area (Å²) in [6.45, 7) is 1.94. The van der Waals surface area contributed by atoms with E-state index < -0.39 is 5.97 Å². The number of carbonyl (C=O) groups excluding carboxylic acids is 1. The Balaban J connectivity index is 2.78. The van der Waals surface area contributed by atoms with E-state index in [1.54, 1.807) is 7.11 Å². The number of pyridine rings is 1. The Morgan fingerprint density at radius 3 is 2.61 bits per heavy atom. The highest BCUT2D eigenvalue weighted by Gasteiger charge is 2.14. The minimum Gasteiger partial charge on any atom is -0.494 e. The second-order valence-electron chi connectivity index (χ2n) is 3.95. The molecule has 5 nitrogen and oxygen atoms in total. The summed E-state index contributed by atoms with van der Waals surface area (Å²) in [5, 5.41) is 0.763. The van der Waals surface area contributed by atoms with E-state index in [1.165, 1.54) is 13.2 Å². The van der Waals surface area contributed by atoms with Crippen LogP contribution in [-0.2, 0) is 4.74 Å². The molecular formula is C13H14N2O3. The van der Waals surface area contributed by atoms with E-state index in [-0.39, 0.29) is 5.69 Å². The average molecular weight is 246 g/mol. The highest BCUT2D eigenvalue weighted by atomic mass is 16.5. The maximum atomic E-state index is 11.5. The molecule has 0 radical (unpaired) electrons. The number of hydrogen-bond donors (Lipinski definition) is 1. The predicted octanol–water partition coefficient (Wildman–Crippen LogP) is 1.92. The van der Waals surface area contributed by atoms with Crippen LogP contribution in [0, 0.1) is 6.92 Å². The van der Waals surface area contributed by atoms with Crippen LogP contribution in [0.15, 0.2) is 18.2 Å². The number of nitrogens with zero attached hydrogens (tertiary/aromatic N) is 1. The molecule has 0 unspecified atom stereocenters. The van der Waals surface area contributed by atoms with Crippen molar-refractivity contribution in [3.05, 3.63) is 29.5 Å². The number of nitrogen functional groups attached to an aromatic ring is 1. The van der Waals surface area contributed by atoms with Crippen molar-refractivity contribution >= 4 is 22.6 Å². The summed E-state index contributed by atoms with van der Waals surface area (Å²) in [5.41, 5.74) is 8.16. The molecule has 0 bridgehead atoms. The zero-order valence-corrected chi connectivity index (χ0v) is 10.5. The lowest BCUT2D eigenvalue weighted by Crippen LogP contribution is -2.06. The van der Waals surface area contributed by atoms with Crippen LogP contribution in [0.3, 0.4) is 0 Å². The molecule has 0 atom stereocenters. The van der Waals surface area contributed by atoms with Gasteiger partial charge in [0.15, 0.2) is 5.69 Å². The SMILES string of the molecule is COC(=O)c1cc(N)c2cc(C)cc(OC)c2n1. The van der Waals surface area contributed by atoms with Crippen molar-refractivity contribution in [1.29, 1.82) is 0 Å². The van der Waals surface area contributed by atoms with E-state index in [0.717, 1.165) is 10.9 Å². The fourth-order valence-corrected chi connectivity index (χ4v) is 1.82. The van der Waals surface area contributed by atoms with Crippen molar-refractivity contribution in [2.24, 2.45) is 0 Å². The normalized spacial score (nSPS) is 10.4. The number of rotatable bonds is 2. The average Bonchev–Trinajstić information content (AvgIpc) is 2.37. The molecule has 1 aromatic heterocycles. The largest absolute Gasteiger partial charge is 0.494 e. The third-order valence-corrected chi connectivity index (χ3v) is 2.67. The molecule has 0 aliphatic heterocycles. The van der Waals surface area contributed by atoms with Gasteiger partial charge < -0.3 is 15.2 Å². The Bertz CT molecular complexity index is 623. The first-order chi connectivity index (χ1) is 8.56. The number of fused-ring (bicyclic) bond motifs is 1. The number of esters is 1. The van der Waals surface area contributed by atoms with Gasteiger partial charge in [-0.25, -0.2) is 9.78 Å². The summed E-state index contributed by atoms with van der Waals surface area (Å²) in [5.74, 6) is 0.0636. The van der Waals surface area contributed by atoms with E-state index in [2.05, 4.69) is 9.72 Å². The second-order valence-corrected chi connectivity index (χ2v) is 3.95. The van der Waals surface area contributed by atoms with E-state index >= 15 is 0 Å².